The molecular weight excluding hydrogens is 256 g/mol. The van der Waals surface area contributed by atoms with E-state index in [9.17, 15) is 4.79 Å². The van der Waals surface area contributed by atoms with Gasteiger partial charge in [-0.3, -0.25) is 14.8 Å². The molecule has 1 aliphatic rings. The molecular formula is C13H20N6O. The van der Waals surface area contributed by atoms with Gasteiger partial charge < -0.3 is 5.32 Å². The van der Waals surface area contributed by atoms with Crippen molar-refractivity contribution in [2.24, 2.45) is 0 Å². The predicted molar refractivity (Wildman–Crippen MR) is 75.6 cm³/mol. The molecule has 7 nitrogen and oxygen atoms in total. The molecule has 0 saturated carbocycles. The van der Waals surface area contributed by atoms with Gasteiger partial charge in [-0.2, -0.15) is 4.52 Å². The summed E-state index contributed by atoms with van der Waals surface area (Å²) in [5.74, 6) is 0.433. The zero-order valence-electron chi connectivity index (χ0n) is 11.7. The van der Waals surface area contributed by atoms with Gasteiger partial charge in [0.05, 0.1) is 5.69 Å². The number of fused-ring (bicyclic) bond motifs is 1. The van der Waals surface area contributed by atoms with Crippen molar-refractivity contribution in [3.8, 4) is 0 Å². The van der Waals surface area contributed by atoms with Crippen LogP contribution < -0.4 is 10.9 Å². The van der Waals surface area contributed by atoms with Crippen molar-refractivity contribution in [3.63, 3.8) is 0 Å². The van der Waals surface area contributed by atoms with Gasteiger partial charge in [0.15, 0.2) is 0 Å². The molecule has 1 aliphatic heterocycles. The topological polar surface area (TPSA) is 78.3 Å². The van der Waals surface area contributed by atoms with Gasteiger partial charge in [-0.25, -0.2) is 9.97 Å². The number of hydrogen-bond donors (Lipinski definition) is 2. The lowest BCUT2D eigenvalue weighted by Gasteiger charge is -2.23. The van der Waals surface area contributed by atoms with Gasteiger partial charge in [-0.05, 0) is 25.9 Å². The Morgan fingerprint density at radius 1 is 1.55 bits per heavy atom. The molecule has 0 amide bonds. The van der Waals surface area contributed by atoms with Gasteiger partial charge in [0.1, 0.15) is 6.33 Å². The molecule has 0 bridgehead atoms. The third-order valence-electron chi connectivity index (χ3n) is 3.79. The van der Waals surface area contributed by atoms with Crippen LogP contribution in [0.5, 0.6) is 0 Å². The number of nitrogens with zero attached hydrogens (tertiary/aromatic N) is 4. The van der Waals surface area contributed by atoms with Gasteiger partial charge in [0.2, 0.25) is 0 Å². The second-order valence-electron chi connectivity index (χ2n) is 5.23. The fourth-order valence-corrected chi connectivity index (χ4v) is 2.71. The molecule has 1 atom stereocenters. The zero-order chi connectivity index (χ0) is 13.9. The van der Waals surface area contributed by atoms with Crippen molar-refractivity contribution in [2.45, 2.75) is 32.4 Å². The Kier molecular flexibility index (Phi) is 3.79. The van der Waals surface area contributed by atoms with E-state index in [1.54, 1.807) is 6.07 Å². The molecule has 3 rings (SSSR count). The Balaban J connectivity index is 1.74. The lowest BCUT2D eigenvalue weighted by atomic mass is 10.2. The van der Waals surface area contributed by atoms with Crippen LogP contribution in [0.15, 0.2) is 17.2 Å². The Bertz CT molecular complexity index is 627. The van der Waals surface area contributed by atoms with Crippen LogP contribution >= 0.6 is 0 Å². The van der Waals surface area contributed by atoms with E-state index in [1.165, 1.54) is 23.7 Å². The lowest BCUT2D eigenvalue weighted by molar-refractivity contribution is 0.250. The molecule has 1 unspecified atom stereocenters. The molecule has 2 N–H and O–H groups in total. The summed E-state index contributed by atoms with van der Waals surface area (Å²) in [5.41, 5.74) is 0.666. The average molecular weight is 276 g/mol. The fraction of sp³-hybridized carbons (Fsp3) is 0.615. The second-order valence-corrected chi connectivity index (χ2v) is 5.23. The maximum Gasteiger partial charge on any atom is 0.274 e. The summed E-state index contributed by atoms with van der Waals surface area (Å²) in [4.78, 5) is 22.7. The van der Waals surface area contributed by atoms with E-state index in [-0.39, 0.29) is 5.56 Å². The van der Waals surface area contributed by atoms with E-state index in [0.717, 1.165) is 25.3 Å². The first-order valence-electron chi connectivity index (χ1n) is 7.14. The summed E-state index contributed by atoms with van der Waals surface area (Å²) >= 11 is 0. The SMILES string of the molecule is CCN(Cc1cc(=O)n2[nH]cnc2n1)CC1CCCN1. The monoisotopic (exact) mass is 276 g/mol. The molecule has 7 heteroatoms. The van der Waals surface area contributed by atoms with Crippen LogP contribution in [-0.2, 0) is 6.54 Å². The minimum Gasteiger partial charge on any atom is -0.313 e. The van der Waals surface area contributed by atoms with Crippen LogP contribution in [0.4, 0.5) is 0 Å². The largest absolute Gasteiger partial charge is 0.313 e. The highest BCUT2D eigenvalue weighted by Crippen LogP contribution is 2.09. The summed E-state index contributed by atoms with van der Waals surface area (Å²) in [6, 6.07) is 2.14. The third-order valence-corrected chi connectivity index (χ3v) is 3.79. The first-order chi connectivity index (χ1) is 9.76. The summed E-state index contributed by atoms with van der Waals surface area (Å²) < 4.78 is 1.35. The van der Waals surface area contributed by atoms with E-state index < -0.39 is 0 Å². The highest BCUT2D eigenvalue weighted by Gasteiger charge is 2.17. The fourth-order valence-electron chi connectivity index (χ4n) is 2.71. The van der Waals surface area contributed by atoms with Gasteiger partial charge in [0.25, 0.3) is 11.3 Å². The normalized spacial score (nSPS) is 19.2. The molecule has 2 aromatic heterocycles. The molecule has 0 spiro atoms. The lowest BCUT2D eigenvalue weighted by Crippen LogP contribution is -2.37. The second kappa shape index (κ2) is 5.72. The molecule has 3 heterocycles. The van der Waals surface area contributed by atoms with Crippen molar-refractivity contribution in [3.05, 3.63) is 28.4 Å². The van der Waals surface area contributed by atoms with E-state index in [0.29, 0.717) is 18.4 Å². The van der Waals surface area contributed by atoms with Crippen molar-refractivity contribution in [1.29, 1.82) is 0 Å². The number of aromatic amines is 1. The Morgan fingerprint density at radius 2 is 2.45 bits per heavy atom. The summed E-state index contributed by atoms with van der Waals surface area (Å²) in [6.07, 6.45) is 3.96. The van der Waals surface area contributed by atoms with Crippen LogP contribution in [0.3, 0.4) is 0 Å². The molecule has 20 heavy (non-hydrogen) atoms. The standard InChI is InChI=1S/C13H20N6O/c1-2-18(7-10-4-3-5-14-10)8-11-6-12(20)19-13(17-11)15-9-16-19/h6,9-10,14H,2-5,7-8H2,1H3,(H,15,16,17). The smallest absolute Gasteiger partial charge is 0.274 e. The van der Waals surface area contributed by atoms with Gasteiger partial charge in [0, 0.05) is 25.2 Å². The Labute approximate surface area is 117 Å². The first-order valence-corrected chi connectivity index (χ1v) is 7.14. The van der Waals surface area contributed by atoms with Crippen LogP contribution in [-0.4, -0.2) is 50.2 Å². The van der Waals surface area contributed by atoms with Crippen molar-refractivity contribution in [1.82, 2.24) is 29.8 Å². The number of nitrogens with one attached hydrogen (secondary N) is 2. The van der Waals surface area contributed by atoms with E-state index >= 15 is 0 Å². The maximum atomic E-state index is 11.9. The molecule has 1 saturated heterocycles. The minimum absolute atomic E-state index is 0.113. The third kappa shape index (κ3) is 2.73. The van der Waals surface area contributed by atoms with Crippen molar-refractivity contribution < 1.29 is 0 Å². The number of H-pyrrole nitrogens is 1. The van der Waals surface area contributed by atoms with Crippen LogP contribution in [0.1, 0.15) is 25.5 Å². The number of aromatic nitrogens is 4. The molecule has 1 fully saturated rings. The van der Waals surface area contributed by atoms with Crippen LogP contribution in [0.2, 0.25) is 0 Å². The first kappa shape index (κ1) is 13.3. The van der Waals surface area contributed by atoms with Gasteiger partial charge in [-0.1, -0.05) is 6.92 Å². The van der Waals surface area contributed by atoms with Crippen molar-refractivity contribution >= 4 is 5.78 Å². The van der Waals surface area contributed by atoms with Gasteiger partial charge in [-0.15, -0.1) is 0 Å². The Hall–Kier alpha value is -1.73. The van der Waals surface area contributed by atoms with Crippen molar-refractivity contribution in [2.75, 3.05) is 19.6 Å². The highest BCUT2D eigenvalue weighted by molar-refractivity contribution is 5.25. The van der Waals surface area contributed by atoms with Gasteiger partial charge >= 0.3 is 0 Å². The number of rotatable bonds is 5. The van der Waals surface area contributed by atoms with E-state index in [2.05, 4.69) is 32.2 Å². The minimum atomic E-state index is -0.113. The highest BCUT2D eigenvalue weighted by atomic mass is 16.1. The maximum absolute atomic E-state index is 11.9. The zero-order valence-corrected chi connectivity index (χ0v) is 11.7. The molecule has 2 aromatic rings. The molecule has 0 aliphatic carbocycles. The number of likely N-dealkylation sites (N-methyl/N-ethyl adjacent to an activating group) is 1. The summed E-state index contributed by atoms with van der Waals surface area (Å²) in [6.45, 7) is 5.88. The molecule has 0 radical (unpaired) electrons. The summed E-state index contributed by atoms with van der Waals surface area (Å²) in [5, 5.41) is 6.25. The quantitative estimate of drug-likeness (QED) is 0.803. The summed E-state index contributed by atoms with van der Waals surface area (Å²) in [7, 11) is 0. The number of hydrogen-bond acceptors (Lipinski definition) is 5. The van der Waals surface area contributed by atoms with Crippen LogP contribution in [0, 0.1) is 0 Å². The molecule has 108 valence electrons. The average Bonchev–Trinajstić information content (AvgIpc) is 3.08. The van der Waals surface area contributed by atoms with Crippen LogP contribution in [0.25, 0.3) is 5.78 Å². The molecule has 0 aromatic carbocycles. The predicted octanol–water partition coefficient (Wildman–Crippen LogP) is -0.00850. The van der Waals surface area contributed by atoms with E-state index in [1.807, 2.05) is 0 Å². The Morgan fingerprint density at radius 3 is 3.20 bits per heavy atom. The van der Waals surface area contributed by atoms with E-state index in [4.69, 9.17) is 0 Å².